The lowest BCUT2D eigenvalue weighted by atomic mass is 10.1. The van der Waals surface area contributed by atoms with Crippen LogP contribution in [-0.2, 0) is 23.0 Å². The van der Waals surface area contributed by atoms with Crippen LogP contribution in [0.3, 0.4) is 0 Å². The van der Waals surface area contributed by atoms with E-state index in [0.29, 0.717) is 0 Å². The van der Waals surface area contributed by atoms with Gasteiger partial charge in [-0.1, -0.05) is 103 Å². The SMILES string of the molecule is COc1ccc(Cc2ccccc2)cc1.O=S(=O)([O-])C(F)(F)F.c1ccc(Cc2ccccc2)cc1. The molecule has 36 heavy (non-hydrogen) atoms. The first-order valence-corrected chi connectivity index (χ1v) is 12.3. The minimum atomic E-state index is -6.09. The highest BCUT2D eigenvalue weighted by Crippen LogP contribution is 2.20. The molecule has 0 N–H and O–H groups in total. The van der Waals surface area contributed by atoms with Crippen molar-refractivity contribution >= 4 is 10.1 Å². The van der Waals surface area contributed by atoms with Crippen molar-refractivity contribution in [2.45, 2.75) is 18.3 Å². The molecule has 4 aromatic rings. The Labute approximate surface area is 209 Å². The molecule has 0 radical (unpaired) electrons. The van der Waals surface area contributed by atoms with Crippen LogP contribution in [0.25, 0.3) is 0 Å². The van der Waals surface area contributed by atoms with Gasteiger partial charge in [0.05, 0.1) is 7.11 Å². The maximum absolute atomic E-state index is 10.7. The zero-order valence-corrected chi connectivity index (χ0v) is 20.4. The van der Waals surface area contributed by atoms with Crippen molar-refractivity contribution in [3.63, 3.8) is 0 Å². The van der Waals surface area contributed by atoms with Crippen LogP contribution in [0.5, 0.6) is 5.75 Å². The third-order valence-corrected chi connectivity index (χ3v) is 5.35. The first kappa shape index (κ1) is 28.6. The predicted octanol–water partition coefficient (Wildman–Crippen LogP) is 6.61. The lowest BCUT2D eigenvalue weighted by Crippen LogP contribution is -2.21. The molecule has 4 aromatic carbocycles. The van der Waals surface area contributed by atoms with Gasteiger partial charge in [0.1, 0.15) is 5.75 Å². The number of hydrogen-bond acceptors (Lipinski definition) is 4. The first-order valence-electron chi connectivity index (χ1n) is 10.9. The predicted molar refractivity (Wildman–Crippen MR) is 134 cm³/mol. The molecule has 8 heteroatoms. The van der Waals surface area contributed by atoms with Crippen molar-refractivity contribution in [3.05, 3.63) is 138 Å². The maximum Gasteiger partial charge on any atom is 0.485 e. The van der Waals surface area contributed by atoms with Gasteiger partial charge in [-0.25, -0.2) is 8.42 Å². The van der Waals surface area contributed by atoms with E-state index in [1.807, 2.05) is 18.2 Å². The first-order chi connectivity index (χ1) is 17.1. The molecule has 0 saturated heterocycles. The van der Waals surface area contributed by atoms with Crippen molar-refractivity contribution in [2.24, 2.45) is 0 Å². The van der Waals surface area contributed by atoms with Crippen LogP contribution in [0.15, 0.2) is 115 Å². The van der Waals surface area contributed by atoms with E-state index < -0.39 is 15.6 Å². The van der Waals surface area contributed by atoms with Gasteiger partial charge in [-0.15, -0.1) is 0 Å². The largest absolute Gasteiger partial charge is 0.741 e. The van der Waals surface area contributed by atoms with Crippen LogP contribution >= 0.6 is 0 Å². The van der Waals surface area contributed by atoms with Crippen molar-refractivity contribution < 1.29 is 30.9 Å². The van der Waals surface area contributed by atoms with Crippen molar-refractivity contribution in [1.82, 2.24) is 0 Å². The summed E-state index contributed by atoms with van der Waals surface area (Å²) in [7, 11) is -4.40. The molecule has 4 rings (SSSR count). The number of rotatable bonds is 5. The Morgan fingerprint density at radius 3 is 1.14 bits per heavy atom. The molecule has 0 bridgehead atoms. The molecule has 0 aliphatic rings. The standard InChI is InChI=1S/C14H14O.C13H12.CHF3O3S/c1-15-14-9-7-13(8-10-14)11-12-5-3-2-4-6-12;1-3-7-12(8-4-1)11-13-9-5-2-6-10-13;2-1(3,4)8(5,6)7/h2-10H,11H2,1H3;1-10H,11H2;(H,5,6,7)/p-1. The van der Waals surface area contributed by atoms with Crippen LogP contribution in [0.2, 0.25) is 0 Å². The van der Waals surface area contributed by atoms with Crippen LogP contribution in [0.1, 0.15) is 22.3 Å². The second kappa shape index (κ2) is 14.1. The fourth-order valence-electron chi connectivity index (χ4n) is 3.00. The van der Waals surface area contributed by atoms with Crippen molar-refractivity contribution in [1.29, 1.82) is 0 Å². The highest BCUT2D eigenvalue weighted by atomic mass is 32.2. The van der Waals surface area contributed by atoms with Gasteiger partial charge in [-0.05, 0) is 47.2 Å². The van der Waals surface area contributed by atoms with Crippen LogP contribution in [0.4, 0.5) is 13.2 Å². The molecule has 0 saturated carbocycles. The van der Waals surface area contributed by atoms with Gasteiger partial charge in [0.2, 0.25) is 0 Å². The molecule has 0 aliphatic carbocycles. The number of methoxy groups -OCH3 is 1. The van der Waals surface area contributed by atoms with Gasteiger partial charge >= 0.3 is 5.51 Å². The molecule has 0 amide bonds. The third-order valence-electron chi connectivity index (χ3n) is 4.79. The summed E-state index contributed by atoms with van der Waals surface area (Å²) in [6.07, 6.45) is 2.01. The molecule has 190 valence electrons. The van der Waals surface area contributed by atoms with Gasteiger partial charge in [0.25, 0.3) is 0 Å². The van der Waals surface area contributed by atoms with Crippen LogP contribution in [-0.4, -0.2) is 25.6 Å². The van der Waals surface area contributed by atoms with Crippen LogP contribution in [0, 0.1) is 0 Å². The minimum Gasteiger partial charge on any atom is -0.741 e. The van der Waals surface area contributed by atoms with E-state index in [2.05, 4.69) is 97.1 Å². The molecule has 0 atom stereocenters. The fraction of sp³-hybridized carbons (Fsp3) is 0.143. The highest BCUT2D eigenvalue weighted by molar-refractivity contribution is 7.86. The molecule has 0 unspecified atom stereocenters. The summed E-state index contributed by atoms with van der Waals surface area (Å²) in [6.45, 7) is 0. The molecule has 0 heterocycles. The van der Waals surface area contributed by atoms with Gasteiger partial charge < -0.3 is 9.29 Å². The lowest BCUT2D eigenvalue weighted by Gasteiger charge is -2.08. The second-order valence-electron chi connectivity index (χ2n) is 7.56. The Morgan fingerprint density at radius 1 is 0.611 bits per heavy atom. The number of ether oxygens (including phenoxy) is 1. The van der Waals surface area contributed by atoms with Gasteiger partial charge in [-0.2, -0.15) is 13.2 Å². The average Bonchev–Trinajstić information content (AvgIpc) is 2.86. The Balaban J connectivity index is 0.000000200. The normalized spacial score (nSPS) is 10.8. The molecule has 0 fully saturated rings. The average molecular weight is 516 g/mol. The summed E-state index contributed by atoms with van der Waals surface area (Å²) >= 11 is 0. The van der Waals surface area contributed by atoms with Gasteiger partial charge in [0, 0.05) is 0 Å². The Bertz CT molecular complexity index is 1210. The zero-order valence-electron chi connectivity index (χ0n) is 19.6. The zero-order chi connectivity index (χ0) is 26.4. The van der Waals surface area contributed by atoms with E-state index in [4.69, 9.17) is 17.7 Å². The van der Waals surface area contributed by atoms with Gasteiger partial charge in [0.15, 0.2) is 10.1 Å². The molecule has 4 nitrogen and oxygen atoms in total. The molecular formula is C28H26F3O4S-. The van der Waals surface area contributed by atoms with Crippen molar-refractivity contribution in [2.75, 3.05) is 7.11 Å². The highest BCUT2D eigenvalue weighted by Gasteiger charge is 2.36. The summed E-state index contributed by atoms with van der Waals surface area (Å²) in [4.78, 5) is 0. The summed E-state index contributed by atoms with van der Waals surface area (Å²) in [5.41, 5.74) is -0.264. The lowest BCUT2D eigenvalue weighted by molar-refractivity contribution is -0.0517. The monoisotopic (exact) mass is 515 g/mol. The van der Waals surface area contributed by atoms with E-state index in [-0.39, 0.29) is 0 Å². The number of halogens is 3. The van der Waals surface area contributed by atoms with E-state index in [1.165, 1.54) is 22.3 Å². The molecule has 0 aromatic heterocycles. The summed E-state index contributed by atoms with van der Waals surface area (Å²) in [6, 6.07) is 39.7. The number of benzene rings is 4. The summed E-state index contributed by atoms with van der Waals surface area (Å²) in [5, 5.41) is 0. The summed E-state index contributed by atoms with van der Waals surface area (Å²) in [5.74, 6) is 0.909. The van der Waals surface area contributed by atoms with E-state index >= 15 is 0 Å². The van der Waals surface area contributed by atoms with Gasteiger partial charge in [-0.3, -0.25) is 0 Å². The van der Waals surface area contributed by atoms with E-state index in [0.717, 1.165) is 18.6 Å². The third kappa shape index (κ3) is 10.8. The second-order valence-corrected chi connectivity index (χ2v) is 8.93. The Morgan fingerprint density at radius 2 is 0.889 bits per heavy atom. The maximum atomic E-state index is 10.7. The minimum absolute atomic E-state index is 0.909. The van der Waals surface area contributed by atoms with E-state index in [1.54, 1.807) is 7.11 Å². The topological polar surface area (TPSA) is 66.4 Å². The Hall–Kier alpha value is -3.62. The fourth-order valence-corrected chi connectivity index (χ4v) is 3.00. The molecule has 0 aliphatic heterocycles. The van der Waals surface area contributed by atoms with Crippen molar-refractivity contribution in [3.8, 4) is 5.75 Å². The molecule has 0 spiro atoms. The summed E-state index contributed by atoms with van der Waals surface area (Å²) < 4.78 is 64.0. The smallest absolute Gasteiger partial charge is 0.485 e. The quantitative estimate of drug-likeness (QED) is 0.221. The Kier molecular flexibility index (Phi) is 11.2. The van der Waals surface area contributed by atoms with Crippen LogP contribution < -0.4 is 4.74 Å². The molecular weight excluding hydrogens is 489 g/mol. The number of alkyl halides is 3. The number of hydrogen-bond donors (Lipinski definition) is 0. The van der Waals surface area contributed by atoms with E-state index in [9.17, 15) is 13.2 Å².